The fourth-order valence-corrected chi connectivity index (χ4v) is 2.15. The molecule has 0 aliphatic carbocycles. The summed E-state index contributed by atoms with van der Waals surface area (Å²) < 4.78 is 4.61. The molecule has 1 aliphatic heterocycles. The van der Waals surface area contributed by atoms with Gasteiger partial charge in [0, 0.05) is 45.3 Å². The van der Waals surface area contributed by atoms with Gasteiger partial charge in [-0.1, -0.05) is 5.16 Å². The molecule has 1 aromatic heterocycles. The highest BCUT2D eigenvalue weighted by atomic mass is 16.5. The molecule has 0 radical (unpaired) electrons. The van der Waals surface area contributed by atoms with Crippen LogP contribution in [-0.4, -0.2) is 90.2 Å². The van der Waals surface area contributed by atoms with Gasteiger partial charge in [-0.15, -0.1) is 0 Å². The predicted octanol–water partition coefficient (Wildman–Crippen LogP) is -0.308. The lowest BCUT2D eigenvalue weighted by Crippen LogP contribution is -2.50. The summed E-state index contributed by atoms with van der Waals surface area (Å²) in [6, 6.07) is 1.17. The molecule has 1 saturated heterocycles. The molecule has 0 saturated carbocycles. The van der Waals surface area contributed by atoms with Crippen molar-refractivity contribution in [2.75, 3.05) is 53.4 Å². The largest absolute Gasteiger partial charge is 0.475 e. The number of aromatic nitrogens is 1. The van der Waals surface area contributed by atoms with Gasteiger partial charge in [0.2, 0.25) is 5.76 Å². The van der Waals surface area contributed by atoms with Gasteiger partial charge in [0.05, 0.1) is 0 Å². The molecule has 8 heteroatoms. The molecule has 0 unspecified atom stereocenters. The number of hydrogen-bond donors (Lipinski definition) is 1. The Morgan fingerprint density at radius 3 is 2.52 bits per heavy atom. The molecule has 0 spiro atoms. The number of rotatable bonds is 5. The molecule has 2 rings (SSSR count). The van der Waals surface area contributed by atoms with E-state index in [0.29, 0.717) is 13.1 Å². The zero-order chi connectivity index (χ0) is 15.4. The Hall–Kier alpha value is -1.93. The van der Waals surface area contributed by atoms with Crippen molar-refractivity contribution in [2.24, 2.45) is 0 Å². The number of carboxylic acid groups (broad SMARTS) is 1. The number of amides is 1. The summed E-state index contributed by atoms with van der Waals surface area (Å²) in [4.78, 5) is 29.0. The Bertz CT molecular complexity index is 506. The number of piperazine rings is 1. The second kappa shape index (κ2) is 6.68. The number of hydrogen-bond acceptors (Lipinski definition) is 6. The summed E-state index contributed by atoms with van der Waals surface area (Å²) in [5, 5.41) is 12.3. The van der Waals surface area contributed by atoms with E-state index in [1.54, 1.807) is 4.90 Å². The molecule has 0 bridgehead atoms. The van der Waals surface area contributed by atoms with Crippen molar-refractivity contribution in [2.45, 2.75) is 0 Å². The third kappa shape index (κ3) is 4.02. The van der Waals surface area contributed by atoms with E-state index in [1.807, 2.05) is 14.1 Å². The molecule has 0 aromatic carbocycles. The van der Waals surface area contributed by atoms with Crippen molar-refractivity contribution in [3.63, 3.8) is 0 Å². The second-order valence-electron chi connectivity index (χ2n) is 5.32. The number of likely N-dealkylation sites (N-methyl/N-ethyl adjacent to an activating group) is 1. The molecule has 0 atom stereocenters. The first-order valence-corrected chi connectivity index (χ1v) is 6.83. The average Bonchev–Trinajstić information content (AvgIpc) is 2.95. The van der Waals surface area contributed by atoms with Crippen molar-refractivity contribution in [3.8, 4) is 0 Å². The first-order valence-electron chi connectivity index (χ1n) is 6.83. The van der Waals surface area contributed by atoms with Crippen molar-refractivity contribution < 1.29 is 19.2 Å². The van der Waals surface area contributed by atoms with Crippen LogP contribution in [0.15, 0.2) is 10.6 Å². The van der Waals surface area contributed by atoms with Gasteiger partial charge in [-0.2, -0.15) is 0 Å². The molecule has 21 heavy (non-hydrogen) atoms. The smallest absolute Gasteiger partial charge is 0.374 e. The summed E-state index contributed by atoms with van der Waals surface area (Å²) in [5.74, 6) is -1.82. The van der Waals surface area contributed by atoms with E-state index in [9.17, 15) is 9.59 Å². The maximum Gasteiger partial charge on any atom is 0.374 e. The number of carbonyl (C=O) groups is 2. The topological polar surface area (TPSA) is 90.1 Å². The number of carboxylic acids is 1. The van der Waals surface area contributed by atoms with E-state index in [1.165, 1.54) is 6.07 Å². The van der Waals surface area contributed by atoms with Gasteiger partial charge in [-0.05, 0) is 14.1 Å². The van der Waals surface area contributed by atoms with Crippen molar-refractivity contribution in [1.29, 1.82) is 0 Å². The van der Waals surface area contributed by atoms with Gasteiger partial charge in [0.1, 0.15) is 0 Å². The zero-order valence-electron chi connectivity index (χ0n) is 12.3. The summed E-state index contributed by atoms with van der Waals surface area (Å²) in [6.45, 7) is 4.80. The van der Waals surface area contributed by atoms with Crippen LogP contribution in [0.4, 0.5) is 0 Å². The summed E-state index contributed by atoms with van der Waals surface area (Å²) in [6.07, 6.45) is 0. The van der Waals surface area contributed by atoms with Crippen molar-refractivity contribution >= 4 is 11.9 Å². The molecular formula is C13H20N4O4. The molecule has 1 amide bonds. The number of nitrogens with zero attached hydrogens (tertiary/aromatic N) is 4. The average molecular weight is 296 g/mol. The Morgan fingerprint density at radius 1 is 1.33 bits per heavy atom. The van der Waals surface area contributed by atoms with Crippen LogP contribution in [0, 0.1) is 0 Å². The lowest BCUT2D eigenvalue weighted by Gasteiger charge is -2.34. The lowest BCUT2D eigenvalue weighted by atomic mass is 10.2. The number of aromatic carboxylic acids is 1. The fourth-order valence-electron chi connectivity index (χ4n) is 2.15. The van der Waals surface area contributed by atoms with Gasteiger partial charge in [-0.25, -0.2) is 4.79 Å². The van der Waals surface area contributed by atoms with Crippen LogP contribution in [0.3, 0.4) is 0 Å². The van der Waals surface area contributed by atoms with E-state index >= 15 is 0 Å². The highest BCUT2D eigenvalue weighted by Gasteiger charge is 2.25. The van der Waals surface area contributed by atoms with E-state index in [0.717, 1.165) is 26.2 Å². The summed E-state index contributed by atoms with van der Waals surface area (Å²) in [5.41, 5.74) is 0.0501. The van der Waals surface area contributed by atoms with Crippen LogP contribution in [-0.2, 0) is 0 Å². The Balaban J connectivity index is 1.86. The third-order valence-electron chi connectivity index (χ3n) is 3.46. The predicted molar refractivity (Wildman–Crippen MR) is 74.4 cm³/mol. The highest BCUT2D eigenvalue weighted by Crippen LogP contribution is 2.10. The van der Waals surface area contributed by atoms with Crippen LogP contribution in [0.25, 0.3) is 0 Å². The Kier molecular flexibility index (Phi) is 4.92. The minimum absolute atomic E-state index is 0.0501. The van der Waals surface area contributed by atoms with Crippen LogP contribution in [0.5, 0.6) is 0 Å². The van der Waals surface area contributed by atoms with E-state index in [4.69, 9.17) is 5.11 Å². The third-order valence-corrected chi connectivity index (χ3v) is 3.46. The maximum atomic E-state index is 12.2. The molecule has 116 valence electrons. The standard InChI is InChI=1S/C13H20N4O4/c1-15(2)3-4-16-5-7-17(8-6-16)12(18)10-9-11(13(19)20)21-14-10/h9H,3-8H2,1-2H3,(H,19,20). The quantitative estimate of drug-likeness (QED) is 0.797. The lowest BCUT2D eigenvalue weighted by molar-refractivity contribution is 0.0612. The maximum absolute atomic E-state index is 12.2. The second-order valence-corrected chi connectivity index (χ2v) is 5.32. The van der Waals surface area contributed by atoms with Crippen molar-refractivity contribution in [3.05, 3.63) is 17.5 Å². The van der Waals surface area contributed by atoms with E-state index < -0.39 is 5.97 Å². The van der Waals surface area contributed by atoms with Crippen LogP contribution in [0.2, 0.25) is 0 Å². The minimum atomic E-state index is -1.23. The van der Waals surface area contributed by atoms with Gasteiger partial charge in [0.25, 0.3) is 5.91 Å². The van der Waals surface area contributed by atoms with Crippen molar-refractivity contribution in [1.82, 2.24) is 19.9 Å². The molecule has 1 aromatic rings. The molecule has 1 N–H and O–H groups in total. The van der Waals surface area contributed by atoms with Gasteiger partial charge in [-0.3, -0.25) is 9.69 Å². The van der Waals surface area contributed by atoms with Crippen LogP contribution in [0.1, 0.15) is 21.0 Å². The molecular weight excluding hydrogens is 276 g/mol. The monoisotopic (exact) mass is 296 g/mol. The zero-order valence-corrected chi connectivity index (χ0v) is 12.3. The highest BCUT2D eigenvalue weighted by molar-refractivity contribution is 5.94. The van der Waals surface area contributed by atoms with Crippen LogP contribution < -0.4 is 0 Å². The minimum Gasteiger partial charge on any atom is -0.475 e. The first kappa shape index (κ1) is 15.5. The van der Waals surface area contributed by atoms with Gasteiger partial charge < -0.3 is 19.4 Å². The van der Waals surface area contributed by atoms with Gasteiger partial charge >= 0.3 is 5.97 Å². The normalized spacial score (nSPS) is 16.4. The van der Waals surface area contributed by atoms with Gasteiger partial charge in [0.15, 0.2) is 5.69 Å². The Labute approximate surface area is 122 Å². The fraction of sp³-hybridized carbons (Fsp3) is 0.615. The first-order chi connectivity index (χ1) is 9.97. The summed E-state index contributed by atoms with van der Waals surface area (Å²) in [7, 11) is 4.06. The molecule has 1 aliphatic rings. The van der Waals surface area contributed by atoms with E-state index in [-0.39, 0.29) is 17.4 Å². The SMILES string of the molecule is CN(C)CCN1CCN(C(=O)c2cc(C(=O)O)on2)CC1. The Morgan fingerprint density at radius 2 is 2.00 bits per heavy atom. The summed E-state index contributed by atoms with van der Waals surface area (Å²) >= 11 is 0. The molecule has 1 fully saturated rings. The molecule has 8 nitrogen and oxygen atoms in total. The van der Waals surface area contributed by atoms with Crippen LogP contribution >= 0.6 is 0 Å². The molecule has 2 heterocycles. The van der Waals surface area contributed by atoms with E-state index in [2.05, 4.69) is 19.5 Å². The number of carbonyl (C=O) groups excluding carboxylic acids is 1.